The Balaban J connectivity index is 2.45. The SMILES string of the molecule is Cc1cc(Sc2cccc(NN)c2[N+](=O)[O-])n(C)n1. The number of benzene rings is 1. The van der Waals surface area contributed by atoms with E-state index in [0.29, 0.717) is 4.90 Å². The quantitative estimate of drug-likeness (QED) is 0.505. The van der Waals surface area contributed by atoms with E-state index in [2.05, 4.69) is 10.5 Å². The lowest BCUT2D eigenvalue weighted by Gasteiger charge is -2.06. The number of nitrogens with one attached hydrogen (secondary N) is 1. The van der Waals surface area contributed by atoms with E-state index in [0.717, 1.165) is 10.7 Å². The van der Waals surface area contributed by atoms with E-state index in [9.17, 15) is 10.1 Å². The fourth-order valence-electron chi connectivity index (χ4n) is 1.70. The number of nitrogen functional groups attached to an aromatic ring is 1. The summed E-state index contributed by atoms with van der Waals surface area (Å²) < 4.78 is 1.69. The second kappa shape index (κ2) is 5.29. The number of rotatable bonds is 4. The lowest BCUT2D eigenvalue weighted by molar-refractivity contribution is -0.386. The van der Waals surface area contributed by atoms with Crippen molar-refractivity contribution in [3.8, 4) is 0 Å². The minimum Gasteiger partial charge on any atom is -0.318 e. The number of nitro benzene ring substituents is 1. The van der Waals surface area contributed by atoms with Crippen molar-refractivity contribution in [3.05, 3.63) is 40.1 Å². The van der Waals surface area contributed by atoms with E-state index in [1.807, 2.05) is 13.0 Å². The molecule has 0 atom stereocenters. The molecule has 0 amide bonds. The monoisotopic (exact) mass is 279 g/mol. The van der Waals surface area contributed by atoms with Crippen LogP contribution in [0, 0.1) is 17.0 Å². The number of aromatic nitrogens is 2. The number of nitrogens with two attached hydrogens (primary N) is 1. The molecule has 0 saturated heterocycles. The molecular weight excluding hydrogens is 266 g/mol. The summed E-state index contributed by atoms with van der Waals surface area (Å²) >= 11 is 1.28. The zero-order valence-corrected chi connectivity index (χ0v) is 11.3. The summed E-state index contributed by atoms with van der Waals surface area (Å²) in [4.78, 5) is 11.2. The van der Waals surface area contributed by atoms with Crippen molar-refractivity contribution in [1.29, 1.82) is 0 Å². The number of nitrogens with zero attached hydrogens (tertiary/aromatic N) is 3. The van der Waals surface area contributed by atoms with Gasteiger partial charge in [0.05, 0.1) is 20.5 Å². The van der Waals surface area contributed by atoms with Crippen LogP contribution in [0.4, 0.5) is 11.4 Å². The van der Waals surface area contributed by atoms with Gasteiger partial charge in [-0.25, -0.2) is 0 Å². The molecule has 0 bridgehead atoms. The van der Waals surface area contributed by atoms with E-state index >= 15 is 0 Å². The predicted octanol–water partition coefficient (Wildman–Crippen LogP) is 2.07. The zero-order valence-electron chi connectivity index (χ0n) is 10.5. The van der Waals surface area contributed by atoms with Crippen LogP contribution in [0.1, 0.15) is 5.69 Å². The van der Waals surface area contributed by atoms with E-state index in [4.69, 9.17) is 5.84 Å². The molecule has 1 heterocycles. The highest BCUT2D eigenvalue weighted by atomic mass is 32.2. The molecule has 2 rings (SSSR count). The van der Waals surface area contributed by atoms with Crippen LogP contribution in [-0.4, -0.2) is 14.7 Å². The summed E-state index contributed by atoms with van der Waals surface area (Å²) in [5.74, 6) is 5.30. The van der Waals surface area contributed by atoms with Crippen LogP contribution in [0.5, 0.6) is 0 Å². The molecule has 0 spiro atoms. The van der Waals surface area contributed by atoms with Gasteiger partial charge in [0, 0.05) is 7.05 Å². The molecular formula is C11H13N5O2S. The highest BCUT2D eigenvalue weighted by Crippen LogP contribution is 2.38. The topological polar surface area (TPSA) is 99.0 Å². The molecule has 0 aliphatic heterocycles. The van der Waals surface area contributed by atoms with Crippen LogP contribution in [0.2, 0.25) is 0 Å². The van der Waals surface area contributed by atoms with Crippen molar-refractivity contribution in [2.45, 2.75) is 16.8 Å². The Labute approximate surface area is 113 Å². The highest BCUT2D eigenvalue weighted by molar-refractivity contribution is 7.99. The summed E-state index contributed by atoms with van der Waals surface area (Å²) in [6.07, 6.45) is 0. The standard InChI is InChI=1S/C11H13N5O2S/c1-7-6-10(15(2)14-7)19-9-5-3-4-8(13-12)11(9)16(17)18/h3-6,13H,12H2,1-2H3. The fourth-order valence-corrected chi connectivity index (χ4v) is 2.76. The van der Waals surface area contributed by atoms with Crippen LogP contribution in [0.25, 0.3) is 0 Å². The number of hydrogen-bond acceptors (Lipinski definition) is 6. The first-order valence-corrected chi connectivity index (χ1v) is 6.27. The van der Waals surface area contributed by atoms with Gasteiger partial charge in [0.15, 0.2) is 0 Å². The van der Waals surface area contributed by atoms with E-state index in [-0.39, 0.29) is 11.4 Å². The van der Waals surface area contributed by atoms with Crippen molar-refractivity contribution in [2.75, 3.05) is 5.43 Å². The maximum atomic E-state index is 11.2. The van der Waals surface area contributed by atoms with Gasteiger partial charge in [0.25, 0.3) is 0 Å². The number of hydrazine groups is 1. The van der Waals surface area contributed by atoms with Gasteiger partial charge in [-0.05, 0) is 25.1 Å². The van der Waals surface area contributed by atoms with Gasteiger partial charge in [0.1, 0.15) is 5.69 Å². The summed E-state index contributed by atoms with van der Waals surface area (Å²) in [7, 11) is 1.80. The molecule has 0 aliphatic carbocycles. The van der Waals surface area contributed by atoms with Crippen molar-refractivity contribution in [2.24, 2.45) is 12.9 Å². The third kappa shape index (κ3) is 2.69. The van der Waals surface area contributed by atoms with E-state index in [1.165, 1.54) is 11.8 Å². The molecule has 1 aromatic carbocycles. The molecule has 0 fully saturated rings. The number of aryl methyl sites for hydroxylation is 2. The largest absolute Gasteiger partial charge is 0.318 e. The lowest BCUT2D eigenvalue weighted by Crippen LogP contribution is -2.09. The van der Waals surface area contributed by atoms with E-state index in [1.54, 1.807) is 29.9 Å². The van der Waals surface area contributed by atoms with Gasteiger partial charge >= 0.3 is 5.69 Å². The lowest BCUT2D eigenvalue weighted by atomic mass is 10.3. The Morgan fingerprint density at radius 2 is 2.26 bits per heavy atom. The van der Waals surface area contributed by atoms with Gasteiger partial charge in [-0.15, -0.1) is 0 Å². The minimum atomic E-state index is -0.444. The third-order valence-corrected chi connectivity index (χ3v) is 3.65. The molecule has 0 saturated carbocycles. The van der Waals surface area contributed by atoms with E-state index < -0.39 is 4.92 Å². The number of hydrogen-bond donors (Lipinski definition) is 2. The zero-order chi connectivity index (χ0) is 14.0. The maximum Gasteiger partial charge on any atom is 0.307 e. The first-order chi connectivity index (χ1) is 9.02. The Morgan fingerprint density at radius 3 is 2.79 bits per heavy atom. The first kappa shape index (κ1) is 13.4. The van der Waals surface area contributed by atoms with Crippen molar-refractivity contribution in [3.63, 3.8) is 0 Å². The predicted molar refractivity (Wildman–Crippen MR) is 73.0 cm³/mol. The van der Waals surface area contributed by atoms with Crippen molar-refractivity contribution < 1.29 is 4.92 Å². The second-order valence-electron chi connectivity index (χ2n) is 3.90. The maximum absolute atomic E-state index is 11.2. The molecule has 100 valence electrons. The van der Waals surface area contributed by atoms with Crippen LogP contribution < -0.4 is 11.3 Å². The molecule has 0 unspecified atom stereocenters. The molecule has 7 nitrogen and oxygen atoms in total. The minimum absolute atomic E-state index is 0.0335. The fraction of sp³-hybridized carbons (Fsp3) is 0.182. The molecule has 1 aromatic heterocycles. The van der Waals surface area contributed by atoms with Gasteiger partial charge in [-0.2, -0.15) is 5.10 Å². The third-order valence-electron chi connectivity index (χ3n) is 2.51. The first-order valence-electron chi connectivity index (χ1n) is 5.45. The van der Waals surface area contributed by atoms with Gasteiger partial charge in [0.2, 0.25) is 0 Å². The van der Waals surface area contributed by atoms with Crippen LogP contribution in [-0.2, 0) is 7.05 Å². The molecule has 8 heteroatoms. The van der Waals surface area contributed by atoms with Gasteiger partial charge < -0.3 is 5.43 Å². The summed E-state index contributed by atoms with van der Waals surface area (Å²) in [5.41, 5.74) is 3.46. The normalized spacial score (nSPS) is 10.5. The second-order valence-corrected chi connectivity index (χ2v) is 4.97. The average molecular weight is 279 g/mol. The van der Waals surface area contributed by atoms with Crippen LogP contribution >= 0.6 is 11.8 Å². The van der Waals surface area contributed by atoms with Crippen molar-refractivity contribution >= 4 is 23.1 Å². The van der Waals surface area contributed by atoms with Crippen molar-refractivity contribution in [1.82, 2.24) is 9.78 Å². The number of nitro groups is 1. The summed E-state index contributed by atoms with van der Waals surface area (Å²) in [6.45, 7) is 1.87. The van der Waals surface area contributed by atoms with Crippen LogP contribution in [0.3, 0.4) is 0 Å². The Bertz CT molecular complexity index is 626. The Morgan fingerprint density at radius 1 is 1.53 bits per heavy atom. The average Bonchev–Trinajstić information content (AvgIpc) is 2.67. The Hall–Kier alpha value is -2.06. The molecule has 2 aromatic rings. The van der Waals surface area contributed by atoms with Gasteiger partial charge in [-0.1, -0.05) is 17.8 Å². The number of para-hydroxylation sites is 1. The molecule has 3 N–H and O–H groups in total. The smallest absolute Gasteiger partial charge is 0.307 e. The molecule has 19 heavy (non-hydrogen) atoms. The molecule has 0 aliphatic rings. The Kier molecular flexibility index (Phi) is 3.72. The number of anilines is 1. The molecule has 0 radical (unpaired) electrons. The highest BCUT2D eigenvalue weighted by Gasteiger charge is 2.20. The summed E-state index contributed by atoms with van der Waals surface area (Å²) in [6, 6.07) is 6.84. The summed E-state index contributed by atoms with van der Waals surface area (Å²) in [5, 5.41) is 16.2. The van der Waals surface area contributed by atoms with Gasteiger partial charge in [-0.3, -0.25) is 20.6 Å². The van der Waals surface area contributed by atoms with Crippen LogP contribution in [0.15, 0.2) is 34.2 Å².